The van der Waals surface area contributed by atoms with Gasteiger partial charge in [0.15, 0.2) is 0 Å². The van der Waals surface area contributed by atoms with Gasteiger partial charge in [-0.15, -0.1) is 0 Å². The summed E-state index contributed by atoms with van der Waals surface area (Å²) in [5, 5.41) is 34.6. The summed E-state index contributed by atoms with van der Waals surface area (Å²) in [6, 6.07) is 35.6. The van der Waals surface area contributed by atoms with E-state index in [1.165, 1.54) is 72.8 Å². The van der Waals surface area contributed by atoms with Gasteiger partial charge in [0, 0.05) is 12.1 Å². The molecule has 0 heterocycles. The van der Waals surface area contributed by atoms with Gasteiger partial charge in [-0.05, 0) is 60.7 Å². The lowest BCUT2D eigenvalue weighted by atomic mass is 10.3. The summed E-state index contributed by atoms with van der Waals surface area (Å²) in [6.45, 7) is 0. The molecule has 0 aliphatic carbocycles. The molecule has 5 N–H and O–H groups in total. The first-order chi connectivity index (χ1) is 20.5. The molecule has 1 atom stereocenters. The van der Waals surface area contributed by atoms with E-state index in [9.17, 15) is 14.0 Å². The highest BCUT2D eigenvalue weighted by Gasteiger charge is 2.42. The Kier molecular flexibility index (Phi) is 12.1. The second-order valence-electron chi connectivity index (χ2n) is 8.25. The fraction of sp³-hybridized carbons (Fsp3) is 0. The molecule has 11 nitrogen and oxygen atoms in total. The quantitative estimate of drug-likeness (QED) is 0.107. The molecule has 0 fully saturated rings. The molecule has 0 saturated heterocycles. The summed E-state index contributed by atoms with van der Waals surface area (Å²) >= 11 is 0. The molecule has 0 radical (unpaired) electrons. The van der Waals surface area contributed by atoms with Crippen molar-refractivity contribution in [3.05, 3.63) is 140 Å². The smallest absolute Gasteiger partial charge is 0.508 e. The summed E-state index contributed by atoms with van der Waals surface area (Å²) < 4.78 is 45.8. The average molecular weight is 626 g/mol. The van der Waals surface area contributed by atoms with E-state index >= 15 is 0 Å². The summed E-state index contributed by atoms with van der Waals surface area (Å²) in [5.41, 5.74) is 0. The van der Waals surface area contributed by atoms with Gasteiger partial charge >= 0.3 is 15.6 Å². The Hall–Kier alpha value is -4.92. The molecule has 0 amide bonds. The number of para-hydroxylation sites is 3. The molecule has 224 valence electrons. The summed E-state index contributed by atoms with van der Waals surface area (Å²) in [4.78, 5) is 10.0. The Morgan fingerprint density at radius 2 is 0.721 bits per heavy atom. The van der Waals surface area contributed by atoms with Crippen LogP contribution >= 0.6 is 15.6 Å². The monoisotopic (exact) mass is 626 g/mol. The Morgan fingerprint density at radius 1 is 0.419 bits per heavy atom. The van der Waals surface area contributed by atoms with E-state index in [-0.39, 0.29) is 40.2 Å². The average Bonchev–Trinajstić information content (AvgIpc) is 2.94. The minimum Gasteiger partial charge on any atom is -0.508 e. The highest BCUT2D eigenvalue weighted by atomic mass is 31.3. The van der Waals surface area contributed by atoms with Gasteiger partial charge in [0.2, 0.25) is 0 Å². The van der Waals surface area contributed by atoms with Crippen LogP contribution in [0.1, 0.15) is 0 Å². The standard InChI is InChI=1S/C18H16O7P2.2C6H6O2/c19-26(20,22-16-10-4-1-5-11-16)25-27(21,23-17-12-6-2-7-13-17)24-18-14-8-3-9-15-18;2*7-5-2-1-3-6(8)4-5/h1-15H,(H,19,20);2*1-4,7-8H. The number of phosphoric ester groups is 2. The number of phenols is 4. The van der Waals surface area contributed by atoms with Crippen LogP contribution < -0.4 is 13.6 Å². The van der Waals surface area contributed by atoms with E-state index in [0.717, 1.165) is 0 Å². The van der Waals surface area contributed by atoms with E-state index in [1.807, 2.05) is 0 Å². The van der Waals surface area contributed by atoms with Crippen molar-refractivity contribution in [1.29, 1.82) is 0 Å². The van der Waals surface area contributed by atoms with Gasteiger partial charge in [0.25, 0.3) is 0 Å². The third-order valence-corrected chi connectivity index (χ3v) is 7.68. The van der Waals surface area contributed by atoms with Gasteiger partial charge in [-0.2, -0.15) is 4.31 Å². The van der Waals surface area contributed by atoms with E-state index in [4.69, 9.17) is 38.3 Å². The van der Waals surface area contributed by atoms with Gasteiger partial charge in [-0.3, -0.25) is 4.89 Å². The molecule has 13 heteroatoms. The minimum absolute atomic E-state index is 0.0642. The predicted octanol–water partition coefficient (Wildman–Crippen LogP) is 7.64. The lowest BCUT2D eigenvalue weighted by molar-refractivity contribution is 0.238. The van der Waals surface area contributed by atoms with Crippen LogP contribution in [0.4, 0.5) is 0 Å². The summed E-state index contributed by atoms with van der Waals surface area (Å²) in [5.74, 6) is 0.687. The maximum atomic E-state index is 13.1. The van der Waals surface area contributed by atoms with Crippen LogP contribution in [-0.4, -0.2) is 25.3 Å². The first kappa shape index (κ1) is 32.6. The van der Waals surface area contributed by atoms with E-state index in [2.05, 4.69) is 0 Å². The first-order valence-electron chi connectivity index (χ1n) is 12.4. The first-order valence-corrected chi connectivity index (χ1v) is 15.3. The molecule has 43 heavy (non-hydrogen) atoms. The second kappa shape index (κ2) is 15.9. The maximum Gasteiger partial charge on any atom is 0.597 e. The van der Waals surface area contributed by atoms with Gasteiger partial charge in [-0.25, -0.2) is 9.13 Å². The third kappa shape index (κ3) is 12.6. The molecule has 0 saturated carbocycles. The van der Waals surface area contributed by atoms with E-state index < -0.39 is 15.6 Å². The zero-order chi connectivity index (χ0) is 31.1. The van der Waals surface area contributed by atoms with Crippen molar-refractivity contribution < 1.29 is 52.3 Å². The Bertz CT molecular complexity index is 1510. The van der Waals surface area contributed by atoms with Crippen molar-refractivity contribution in [2.75, 3.05) is 0 Å². The fourth-order valence-corrected chi connectivity index (χ4v) is 5.61. The van der Waals surface area contributed by atoms with Crippen molar-refractivity contribution in [3.8, 4) is 40.2 Å². The van der Waals surface area contributed by atoms with Crippen molar-refractivity contribution in [3.63, 3.8) is 0 Å². The number of rotatable bonds is 8. The van der Waals surface area contributed by atoms with Gasteiger partial charge < -0.3 is 34.0 Å². The molecular weight excluding hydrogens is 598 g/mol. The van der Waals surface area contributed by atoms with Crippen LogP contribution in [0.5, 0.6) is 40.2 Å². The van der Waals surface area contributed by atoms with Crippen molar-refractivity contribution in [1.82, 2.24) is 0 Å². The molecule has 0 bridgehead atoms. The highest BCUT2D eigenvalue weighted by molar-refractivity contribution is 7.62. The molecule has 1 unspecified atom stereocenters. The number of aromatic hydroxyl groups is 4. The second-order valence-corrected chi connectivity index (χ2v) is 11.3. The van der Waals surface area contributed by atoms with Gasteiger partial charge in [0.05, 0.1) is 0 Å². The van der Waals surface area contributed by atoms with E-state index in [1.54, 1.807) is 66.7 Å². The molecule has 5 aromatic rings. The van der Waals surface area contributed by atoms with Gasteiger partial charge in [0.1, 0.15) is 40.2 Å². The van der Waals surface area contributed by atoms with Crippen LogP contribution in [0.2, 0.25) is 0 Å². The maximum absolute atomic E-state index is 13.1. The molecule has 0 aromatic heterocycles. The Morgan fingerprint density at radius 3 is 1.00 bits per heavy atom. The number of phosphoric acid groups is 2. The van der Waals surface area contributed by atoms with E-state index in [0.29, 0.717) is 0 Å². The lowest BCUT2D eigenvalue weighted by Gasteiger charge is -2.21. The molecular formula is C30H28O11P2. The molecule has 0 aliphatic heterocycles. The van der Waals surface area contributed by atoms with Crippen LogP contribution in [0.15, 0.2) is 140 Å². The third-order valence-electron chi connectivity index (χ3n) is 4.75. The predicted molar refractivity (Wildman–Crippen MR) is 159 cm³/mol. The van der Waals surface area contributed by atoms with Crippen molar-refractivity contribution in [2.45, 2.75) is 0 Å². The molecule has 0 spiro atoms. The number of hydrogen-bond acceptors (Lipinski definition) is 10. The molecule has 5 aromatic carbocycles. The fourth-order valence-electron chi connectivity index (χ4n) is 3.02. The van der Waals surface area contributed by atoms with Crippen molar-refractivity contribution >= 4 is 15.6 Å². The van der Waals surface area contributed by atoms with Crippen LogP contribution in [0.3, 0.4) is 0 Å². The highest BCUT2D eigenvalue weighted by Crippen LogP contribution is 2.62. The molecule has 0 aliphatic rings. The minimum atomic E-state index is -4.82. The van der Waals surface area contributed by atoms with Crippen LogP contribution in [0, 0.1) is 0 Å². The lowest BCUT2D eigenvalue weighted by Crippen LogP contribution is -2.06. The Labute approximate surface area is 247 Å². The number of phenolic OH excluding ortho intramolecular Hbond substituents is 4. The largest absolute Gasteiger partial charge is 0.597 e. The zero-order valence-corrected chi connectivity index (χ0v) is 24.1. The molecule has 5 rings (SSSR count). The Balaban J connectivity index is 0.000000255. The zero-order valence-electron chi connectivity index (χ0n) is 22.4. The summed E-state index contributed by atoms with van der Waals surface area (Å²) in [7, 11) is -9.38. The normalized spacial score (nSPS) is 11.7. The SMILES string of the molecule is O=P(O)(Oc1ccccc1)OP(=O)(Oc1ccccc1)Oc1ccccc1.Oc1cccc(O)c1.Oc1cccc(O)c1. The van der Waals surface area contributed by atoms with Crippen LogP contribution in [-0.2, 0) is 13.4 Å². The number of benzene rings is 5. The number of hydrogen-bond donors (Lipinski definition) is 5. The van der Waals surface area contributed by atoms with Gasteiger partial charge in [-0.1, -0.05) is 66.7 Å². The van der Waals surface area contributed by atoms with Crippen LogP contribution in [0.25, 0.3) is 0 Å². The summed E-state index contributed by atoms with van der Waals surface area (Å²) in [6.07, 6.45) is 0. The topological polar surface area (TPSA) is 172 Å². The van der Waals surface area contributed by atoms with Crippen molar-refractivity contribution in [2.24, 2.45) is 0 Å².